The number of rotatable bonds is 4. The minimum Gasteiger partial charge on any atom is -0.481 e. The largest absolute Gasteiger partial charge is 0.481 e. The van der Waals surface area contributed by atoms with E-state index in [9.17, 15) is 9.90 Å². The zero-order valence-electron chi connectivity index (χ0n) is 12.9. The molecule has 122 valence electrons. The lowest BCUT2D eigenvalue weighted by Crippen LogP contribution is -2.37. The zero-order chi connectivity index (χ0) is 17.3. The highest BCUT2D eigenvalue weighted by Crippen LogP contribution is 2.53. The first kappa shape index (κ1) is 16.7. The summed E-state index contributed by atoms with van der Waals surface area (Å²) in [7, 11) is 0. The van der Waals surface area contributed by atoms with Gasteiger partial charge >= 0.3 is 5.97 Å². The van der Waals surface area contributed by atoms with Crippen LogP contribution < -0.4 is 5.32 Å². The molecular formula is C18H15ClN2O2S. The molecule has 0 spiro atoms. The van der Waals surface area contributed by atoms with Gasteiger partial charge in [-0.2, -0.15) is 5.26 Å². The number of anilines is 1. The molecule has 0 radical (unpaired) electrons. The van der Waals surface area contributed by atoms with Gasteiger partial charge in [-0.3, -0.25) is 4.79 Å². The Hall–Kier alpha value is -2.16. The monoisotopic (exact) mass is 358 g/mol. The molecule has 4 nitrogen and oxygen atoms in total. The highest BCUT2D eigenvalue weighted by atomic mass is 35.5. The zero-order valence-corrected chi connectivity index (χ0v) is 14.5. The van der Waals surface area contributed by atoms with Gasteiger partial charge in [-0.25, -0.2) is 0 Å². The number of nitriles is 1. The normalized spacial score (nSPS) is 21.6. The molecule has 0 fully saturated rings. The summed E-state index contributed by atoms with van der Waals surface area (Å²) >= 11 is 7.52. The molecule has 2 aromatic carbocycles. The van der Waals surface area contributed by atoms with Crippen molar-refractivity contribution in [1.82, 2.24) is 0 Å². The Bertz CT molecular complexity index is 832. The van der Waals surface area contributed by atoms with Crippen LogP contribution in [0.5, 0.6) is 0 Å². The molecule has 2 atom stereocenters. The SMILES string of the molecule is CC1(CC(=O)O)Nc2ccc(C#N)cc2C1Sc1ccc(Cl)cc1. The summed E-state index contributed by atoms with van der Waals surface area (Å²) in [5.74, 6) is -0.861. The lowest BCUT2D eigenvalue weighted by Gasteiger charge is -2.30. The van der Waals surface area contributed by atoms with Crippen molar-refractivity contribution in [1.29, 1.82) is 5.26 Å². The first-order valence-corrected chi connectivity index (χ1v) is 8.63. The van der Waals surface area contributed by atoms with Crippen LogP contribution in [-0.4, -0.2) is 16.6 Å². The van der Waals surface area contributed by atoms with Crippen molar-refractivity contribution < 1.29 is 9.90 Å². The first-order chi connectivity index (χ1) is 11.4. The number of halogens is 1. The maximum Gasteiger partial charge on any atom is 0.305 e. The van der Waals surface area contributed by atoms with E-state index in [0.717, 1.165) is 16.1 Å². The molecule has 1 aliphatic heterocycles. The van der Waals surface area contributed by atoms with Crippen LogP contribution in [0.3, 0.4) is 0 Å². The number of benzene rings is 2. The van der Waals surface area contributed by atoms with E-state index >= 15 is 0 Å². The van der Waals surface area contributed by atoms with Crippen LogP contribution in [0.4, 0.5) is 5.69 Å². The van der Waals surface area contributed by atoms with Gasteiger partial charge in [-0.05, 0) is 55.0 Å². The summed E-state index contributed by atoms with van der Waals surface area (Å²) in [5.41, 5.74) is 1.76. The Labute approximate surface area is 149 Å². The molecule has 0 bridgehead atoms. The minimum atomic E-state index is -0.861. The number of thioether (sulfide) groups is 1. The highest BCUT2D eigenvalue weighted by molar-refractivity contribution is 7.99. The van der Waals surface area contributed by atoms with Crippen LogP contribution in [0.1, 0.15) is 29.7 Å². The van der Waals surface area contributed by atoms with E-state index in [1.165, 1.54) is 0 Å². The Morgan fingerprint density at radius 3 is 2.71 bits per heavy atom. The summed E-state index contributed by atoms with van der Waals surface area (Å²) in [6, 6.07) is 15.0. The molecule has 2 unspecified atom stereocenters. The molecule has 2 N–H and O–H groups in total. The van der Waals surface area contributed by atoms with Gasteiger partial charge < -0.3 is 10.4 Å². The lowest BCUT2D eigenvalue weighted by molar-refractivity contribution is -0.138. The van der Waals surface area contributed by atoms with E-state index in [0.29, 0.717) is 10.6 Å². The molecule has 0 saturated carbocycles. The number of carboxylic acid groups (broad SMARTS) is 1. The van der Waals surface area contributed by atoms with Crippen molar-refractivity contribution in [2.24, 2.45) is 0 Å². The number of carboxylic acids is 1. The second kappa shape index (κ2) is 6.39. The third-order valence-corrected chi connectivity index (χ3v) is 5.85. The molecule has 0 aromatic heterocycles. The second-order valence-corrected chi connectivity index (χ2v) is 7.59. The van der Waals surface area contributed by atoms with Gasteiger partial charge in [0.15, 0.2) is 0 Å². The number of hydrogen-bond donors (Lipinski definition) is 2. The maximum atomic E-state index is 11.4. The Kier molecular flexibility index (Phi) is 4.44. The van der Waals surface area contributed by atoms with E-state index in [4.69, 9.17) is 16.9 Å². The maximum absolute atomic E-state index is 11.4. The Morgan fingerprint density at radius 1 is 1.38 bits per heavy atom. The molecule has 1 aliphatic rings. The van der Waals surface area contributed by atoms with E-state index in [1.807, 2.05) is 43.3 Å². The number of nitrogens with zero attached hydrogens (tertiary/aromatic N) is 1. The van der Waals surface area contributed by atoms with E-state index < -0.39 is 11.5 Å². The van der Waals surface area contributed by atoms with E-state index in [2.05, 4.69) is 11.4 Å². The number of fused-ring (bicyclic) bond motifs is 1. The molecule has 2 aromatic rings. The molecule has 6 heteroatoms. The Morgan fingerprint density at radius 2 is 2.08 bits per heavy atom. The number of aliphatic carboxylic acids is 1. The van der Waals surface area contributed by atoms with Gasteiger partial charge in [0.05, 0.1) is 28.8 Å². The number of carbonyl (C=O) groups is 1. The Balaban J connectivity index is 2.01. The van der Waals surface area contributed by atoms with Gasteiger partial charge in [0, 0.05) is 15.6 Å². The number of nitrogens with one attached hydrogen (secondary N) is 1. The van der Waals surface area contributed by atoms with Gasteiger partial charge in [0.25, 0.3) is 0 Å². The van der Waals surface area contributed by atoms with Crippen molar-refractivity contribution >= 4 is 35.0 Å². The standard InChI is InChI=1S/C18H15ClN2O2S/c1-18(9-16(22)23)17(24-13-5-3-12(19)4-6-13)14-8-11(10-20)2-7-15(14)21-18/h2-8,17,21H,9H2,1H3,(H,22,23). The molecule has 24 heavy (non-hydrogen) atoms. The van der Waals surface area contributed by atoms with Crippen molar-refractivity contribution in [2.45, 2.75) is 29.0 Å². The third-order valence-electron chi connectivity index (χ3n) is 4.05. The highest BCUT2D eigenvalue weighted by Gasteiger charge is 2.44. The fraction of sp³-hybridized carbons (Fsp3) is 0.222. The third kappa shape index (κ3) is 3.21. The van der Waals surface area contributed by atoms with Crippen LogP contribution >= 0.6 is 23.4 Å². The molecule has 3 rings (SSSR count). The van der Waals surface area contributed by atoms with E-state index in [-0.39, 0.29) is 11.7 Å². The molecular weight excluding hydrogens is 344 g/mol. The minimum absolute atomic E-state index is 0.0190. The van der Waals surface area contributed by atoms with Gasteiger partial charge in [0.2, 0.25) is 0 Å². The molecule has 0 saturated heterocycles. The average molecular weight is 359 g/mol. The molecule has 0 amide bonds. The summed E-state index contributed by atoms with van der Waals surface area (Å²) in [4.78, 5) is 12.4. The van der Waals surface area contributed by atoms with Crippen molar-refractivity contribution in [2.75, 3.05) is 5.32 Å². The second-order valence-electron chi connectivity index (χ2n) is 5.98. The van der Waals surface area contributed by atoms with Crippen LogP contribution in [0.25, 0.3) is 0 Å². The van der Waals surface area contributed by atoms with Crippen molar-refractivity contribution in [3.63, 3.8) is 0 Å². The summed E-state index contributed by atoms with van der Waals surface area (Å²) in [6.45, 7) is 1.90. The smallest absolute Gasteiger partial charge is 0.305 e. The van der Waals surface area contributed by atoms with Crippen LogP contribution in [0.15, 0.2) is 47.4 Å². The summed E-state index contributed by atoms with van der Waals surface area (Å²) in [5, 5.41) is 22.4. The number of hydrogen-bond acceptors (Lipinski definition) is 4. The van der Waals surface area contributed by atoms with Crippen LogP contribution in [0.2, 0.25) is 5.02 Å². The molecule has 0 aliphatic carbocycles. The van der Waals surface area contributed by atoms with Crippen LogP contribution in [-0.2, 0) is 4.79 Å². The van der Waals surface area contributed by atoms with Gasteiger partial charge in [-0.15, -0.1) is 11.8 Å². The van der Waals surface area contributed by atoms with Crippen molar-refractivity contribution in [3.8, 4) is 6.07 Å². The van der Waals surface area contributed by atoms with E-state index in [1.54, 1.807) is 17.8 Å². The van der Waals surface area contributed by atoms with Gasteiger partial charge in [-0.1, -0.05) is 11.6 Å². The average Bonchev–Trinajstić information content (AvgIpc) is 2.79. The summed E-state index contributed by atoms with van der Waals surface area (Å²) in [6.07, 6.45) is -0.0190. The topological polar surface area (TPSA) is 73.1 Å². The summed E-state index contributed by atoms with van der Waals surface area (Å²) < 4.78 is 0. The van der Waals surface area contributed by atoms with Crippen LogP contribution in [0, 0.1) is 11.3 Å². The fourth-order valence-electron chi connectivity index (χ4n) is 2.97. The quantitative estimate of drug-likeness (QED) is 0.828. The molecule has 1 heterocycles. The van der Waals surface area contributed by atoms with Crippen molar-refractivity contribution in [3.05, 3.63) is 58.6 Å². The first-order valence-electron chi connectivity index (χ1n) is 7.37. The van der Waals surface area contributed by atoms with Gasteiger partial charge in [0.1, 0.15) is 0 Å². The fourth-order valence-corrected chi connectivity index (χ4v) is 4.39. The predicted molar refractivity (Wildman–Crippen MR) is 95.5 cm³/mol. The predicted octanol–water partition coefficient (Wildman–Crippen LogP) is 4.70. The lowest BCUT2D eigenvalue weighted by atomic mass is 9.93.